The summed E-state index contributed by atoms with van der Waals surface area (Å²) in [7, 11) is 1.28. The summed E-state index contributed by atoms with van der Waals surface area (Å²) < 4.78 is 24.1. The number of esters is 1. The van der Waals surface area contributed by atoms with Crippen LogP contribution in [0.1, 0.15) is 36.6 Å². The molecule has 2 amide bonds. The van der Waals surface area contributed by atoms with Crippen molar-refractivity contribution in [3.63, 3.8) is 0 Å². The second-order valence-corrected chi connectivity index (χ2v) is 12.0. The quantitative estimate of drug-likeness (QED) is 0.0559. The van der Waals surface area contributed by atoms with E-state index in [2.05, 4.69) is 59.7 Å². The van der Waals surface area contributed by atoms with E-state index in [0.29, 0.717) is 46.7 Å². The Kier molecular flexibility index (Phi) is 12.3. The average molecular weight is 814 g/mol. The second-order valence-electron chi connectivity index (χ2n) is 9.61. The summed E-state index contributed by atoms with van der Waals surface area (Å²) >= 11 is 12.0. The van der Waals surface area contributed by atoms with Crippen molar-refractivity contribution in [1.29, 1.82) is 0 Å². The number of methoxy groups -OCH3 is 1. The van der Waals surface area contributed by atoms with Gasteiger partial charge in [0.25, 0.3) is 0 Å². The van der Waals surface area contributed by atoms with Crippen molar-refractivity contribution in [3.8, 4) is 17.2 Å². The zero-order chi connectivity index (χ0) is 32.5. The Hall–Kier alpha value is -3.53. The Morgan fingerprint density at radius 3 is 2.67 bits per heavy atom. The van der Waals surface area contributed by atoms with Gasteiger partial charge in [0.15, 0.2) is 17.7 Å². The van der Waals surface area contributed by atoms with E-state index in [1.165, 1.54) is 7.11 Å². The third-order valence-corrected chi connectivity index (χ3v) is 8.22. The van der Waals surface area contributed by atoms with E-state index in [1.54, 1.807) is 31.3 Å². The number of allylic oxidation sites excluding steroid dienone is 1. The molecule has 1 aliphatic rings. The van der Waals surface area contributed by atoms with Crippen LogP contribution in [0, 0.1) is 3.57 Å². The van der Waals surface area contributed by atoms with Crippen LogP contribution in [0.15, 0.2) is 75.4 Å². The number of hydrogen-bond donors (Lipinski definition) is 4. The zero-order valence-corrected chi connectivity index (χ0v) is 29.0. The Bertz CT molecular complexity index is 1600. The first kappa shape index (κ1) is 34.3. The highest BCUT2D eigenvalue weighted by Crippen LogP contribution is 2.35. The number of halogens is 3. The molecule has 4 rings (SSSR count). The molecule has 45 heavy (non-hydrogen) atoms. The highest BCUT2D eigenvalue weighted by Gasteiger charge is 2.32. The lowest BCUT2D eigenvalue weighted by Crippen LogP contribution is -2.45. The molecule has 1 heterocycles. The van der Waals surface area contributed by atoms with Gasteiger partial charge >= 0.3 is 12.0 Å². The van der Waals surface area contributed by atoms with Gasteiger partial charge in [-0.15, -0.1) is 0 Å². The first-order valence-corrected chi connectivity index (χ1v) is 15.9. The van der Waals surface area contributed by atoms with Gasteiger partial charge in [-0.05, 0) is 93.8 Å². The molecule has 11 nitrogen and oxygen atoms in total. The molecule has 0 fully saturated rings. The van der Waals surface area contributed by atoms with Crippen molar-refractivity contribution in [2.24, 2.45) is 5.10 Å². The van der Waals surface area contributed by atoms with Crippen LogP contribution in [-0.4, -0.2) is 49.9 Å². The molecule has 3 aromatic rings. The van der Waals surface area contributed by atoms with E-state index >= 15 is 0 Å². The Morgan fingerprint density at radius 2 is 1.96 bits per heavy atom. The molecule has 0 spiro atoms. The van der Waals surface area contributed by atoms with Gasteiger partial charge in [0.05, 0.1) is 39.6 Å². The van der Waals surface area contributed by atoms with Gasteiger partial charge in [-0.25, -0.2) is 9.59 Å². The largest absolute Gasteiger partial charge is 0.490 e. The second kappa shape index (κ2) is 16.2. The van der Waals surface area contributed by atoms with Crippen molar-refractivity contribution in [2.75, 3.05) is 20.3 Å². The van der Waals surface area contributed by atoms with Gasteiger partial charge in [-0.2, -0.15) is 5.10 Å². The first-order chi connectivity index (χ1) is 21.6. The summed E-state index contributed by atoms with van der Waals surface area (Å²) in [5.74, 6) is 0.840. The summed E-state index contributed by atoms with van der Waals surface area (Å²) in [6, 6.07) is 15.1. The van der Waals surface area contributed by atoms with Crippen molar-refractivity contribution < 1.29 is 33.6 Å². The molecule has 0 bridgehead atoms. The third kappa shape index (κ3) is 9.02. The van der Waals surface area contributed by atoms with Crippen LogP contribution >= 0.6 is 50.1 Å². The normalized spacial score (nSPS) is 15.3. The van der Waals surface area contributed by atoms with Gasteiger partial charge in [0.1, 0.15) is 19.0 Å². The van der Waals surface area contributed by atoms with Crippen LogP contribution in [0.2, 0.25) is 5.02 Å². The Morgan fingerprint density at radius 1 is 1.18 bits per heavy atom. The maximum absolute atomic E-state index is 12.4. The number of urea groups is 1. The minimum atomic E-state index is -1.14. The summed E-state index contributed by atoms with van der Waals surface area (Å²) in [5.41, 5.74) is 5.54. The molecule has 0 aromatic heterocycles. The Balaban J connectivity index is 1.37. The molecule has 4 N–H and O–H groups in total. The number of aliphatic hydroxyl groups is 1. The fourth-order valence-electron chi connectivity index (χ4n) is 4.38. The summed E-state index contributed by atoms with van der Waals surface area (Å²) in [4.78, 5) is 24.6. The van der Waals surface area contributed by atoms with E-state index in [0.717, 1.165) is 19.2 Å². The number of carbonyl (C=O) groups is 2. The van der Waals surface area contributed by atoms with Gasteiger partial charge < -0.3 is 34.7 Å². The molecule has 2 atom stereocenters. The smallest absolute Gasteiger partial charge is 0.337 e. The standard InChI is InChI=1S/C31H31BrClIN4O7/c1-4-43-25-13-19(28-27(30(40)42-3)17(2)36-31(41)37-28)9-10-24(25)44-16-26(39)38-35-14-18-11-21(32)29(23(34)12-18)45-15-20-7-5-6-8-22(20)33/h5-14,26,28,38-39H,4,15-16H2,1-3H3,(H2,36,37,41)/b35-14-/t26-,28-/m0/s1. The molecule has 0 unspecified atom stereocenters. The van der Waals surface area contributed by atoms with E-state index in [4.69, 9.17) is 30.5 Å². The monoisotopic (exact) mass is 812 g/mol. The van der Waals surface area contributed by atoms with Crippen LogP contribution in [0.25, 0.3) is 0 Å². The molecular weight excluding hydrogens is 783 g/mol. The van der Waals surface area contributed by atoms with Gasteiger partial charge in [-0.1, -0.05) is 35.9 Å². The SMILES string of the molecule is CCOc1cc([C@@H]2NC(=O)NC(C)=C2C(=O)OC)ccc1OC[C@H](O)N/N=C\c1cc(Br)c(OCc2ccccc2Cl)c(I)c1. The minimum absolute atomic E-state index is 0.149. The summed E-state index contributed by atoms with van der Waals surface area (Å²) in [6.07, 6.45) is 0.423. The number of hydrogen-bond acceptors (Lipinski definition) is 9. The third-order valence-electron chi connectivity index (χ3n) is 6.46. The van der Waals surface area contributed by atoms with Crippen LogP contribution in [0.5, 0.6) is 17.2 Å². The van der Waals surface area contributed by atoms with Crippen molar-refractivity contribution in [3.05, 3.63) is 95.6 Å². The van der Waals surface area contributed by atoms with Crippen molar-refractivity contribution in [2.45, 2.75) is 32.7 Å². The van der Waals surface area contributed by atoms with E-state index in [9.17, 15) is 14.7 Å². The van der Waals surface area contributed by atoms with Crippen LogP contribution < -0.4 is 30.3 Å². The maximum atomic E-state index is 12.4. The van der Waals surface area contributed by atoms with E-state index in [1.807, 2.05) is 43.3 Å². The van der Waals surface area contributed by atoms with Gasteiger partial charge in [-0.3, -0.25) is 5.43 Å². The van der Waals surface area contributed by atoms with Crippen LogP contribution in [0.3, 0.4) is 0 Å². The molecule has 0 radical (unpaired) electrons. The fraction of sp³-hybridized carbons (Fsp3) is 0.258. The number of hydrazone groups is 1. The lowest BCUT2D eigenvalue weighted by molar-refractivity contribution is -0.136. The number of nitrogens with zero attached hydrogens (tertiary/aromatic N) is 1. The number of amides is 2. The van der Waals surface area contributed by atoms with E-state index < -0.39 is 24.3 Å². The minimum Gasteiger partial charge on any atom is -0.490 e. The number of aliphatic hydroxyl groups excluding tert-OH is 1. The highest BCUT2D eigenvalue weighted by atomic mass is 127. The van der Waals surface area contributed by atoms with Crippen molar-refractivity contribution in [1.82, 2.24) is 16.1 Å². The number of benzene rings is 3. The van der Waals surface area contributed by atoms with Gasteiger partial charge in [0.2, 0.25) is 0 Å². The number of carbonyl (C=O) groups excluding carboxylic acids is 2. The van der Waals surface area contributed by atoms with E-state index in [-0.39, 0.29) is 12.2 Å². The molecule has 0 saturated heterocycles. The average Bonchev–Trinajstić information content (AvgIpc) is 3.00. The highest BCUT2D eigenvalue weighted by molar-refractivity contribution is 14.1. The summed E-state index contributed by atoms with van der Waals surface area (Å²) in [6.45, 7) is 3.95. The molecular formula is C31H31BrClIN4O7. The van der Waals surface area contributed by atoms with Crippen LogP contribution in [-0.2, 0) is 16.1 Å². The fourth-order valence-corrected chi connectivity index (χ4v) is 6.34. The van der Waals surface area contributed by atoms with Crippen molar-refractivity contribution >= 4 is 68.3 Å². The topological polar surface area (TPSA) is 140 Å². The molecule has 0 aliphatic carbocycles. The summed E-state index contributed by atoms with van der Waals surface area (Å²) in [5, 5.41) is 20.6. The number of rotatable bonds is 13. The van der Waals surface area contributed by atoms with Crippen LogP contribution in [0.4, 0.5) is 4.79 Å². The zero-order valence-electron chi connectivity index (χ0n) is 24.5. The number of ether oxygens (including phenoxy) is 4. The lowest BCUT2D eigenvalue weighted by atomic mass is 9.95. The lowest BCUT2D eigenvalue weighted by Gasteiger charge is -2.28. The first-order valence-electron chi connectivity index (χ1n) is 13.7. The molecule has 0 saturated carbocycles. The molecule has 14 heteroatoms. The molecule has 3 aromatic carbocycles. The maximum Gasteiger partial charge on any atom is 0.337 e. The predicted molar refractivity (Wildman–Crippen MR) is 182 cm³/mol. The number of nitrogens with one attached hydrogen (secondary N) is 3. The van der Waals surface area contributed by atoms with Gasteiger partial charge in [0, 0.05) is 16.3 Å². The molecule has 1 aliphatic heterocycles. The Labute approximate surface area is 287 Å². The predicted octanol–water partition coefficient (Wildman–Crippen LogP) is 5.81. The molecule has 238 valence electrons.